The number of amides is 1. The van der Waals surface area contributed by atoms with Crippen molar-refractivity contribution in [1.29, 1.82) is 0 Å². The topological polar surface area (TPSA) is 71.8 Å². The van der Waals surface area contributed by atoms with E-state index in [1.54, 1.807) is 16.8 Å². The van der Waals surface area contributed by atoms with Gasteiger partial charge in [0.1, 0.15) is 11.1 Å². The van der Waals surface area contributed by atoms with Crippen LogP contribution in [0.4, 0.5) is 10.1 Å². The predicted octanol–water partition coefficient (Wildman–Crippen LogP) is 5.10. The molecular weight excluding hydrogens is 437 g/mol. The molecule has 1 aromatic heterocycles. The molecule has 8 heteroatoms. The molecule has 2 heterocycles. The lowest BCUT2D eigenvalue weighted by Gasteiger charge is -2.33. The number of hydrogen-bond donors (Lipinski definition) is 2. The second-order valence-corrected chi connectivity index (χ2v) is 9.18. The Labute approximate surface area is 195 Å². The van der Waals surface area contributed by atoms with Gasteiger partial charge in [-0.15, -0.1) is 10.2 Å². The van der Waals surface area contributed by atoms with Crippen LogP contribution in [0.1, 0.15) is 22.7 Å². The van der Waals surface area contributed by atoms with Gasteiger partial charge in [-0.2, -0.15) is 0 Å². The van der Waals surface area contributed by atoms with E-state index in [4.69, 9.17) is 0 Å². The van der Waals surface area contributed by atoms with E-state index in [1.807, 2.05) is 56.3 Å². The number of carbonyl (C=O) groups excluding carboxylic acids is 1. The highest BCUT2D eigenvalue weighted by molar-refractivity contribution is 8.00. The molecule has 0 radical (unpaired) electrons. The highest BCUT2D eigenvalue weighted by Crippen LogP contribution is 2.39. The summed E-state index contributed by atoms with van der Waals surface area (Å²) < 4.78 is 15.4. The highest BCUT2D eigenvalue weighted by Gasteiger charge is 2.38. The van der Waals surface area contributed by atoms with Gasteiger partial charge in [-0.3, -0.25) is 4.79 Å². The van der Waals surface area contributed by atoms with E-state index in [2.05, 4.69) is 27.0 Å². The van der Waals surface area contributed by atoms with Crippen LogP contribution < -0.4 is 10.7 Å². The number of rotatable bonds is 4. The van der Waals surface area contributed by atoms with Gasteiger partial charge in [0.25, 0.3) is 0 Å². The molecule has 0 spiro atoms. The van der Waals surface area contributed by atoms with Crippen molar-refractivity contribution in [3.63, 3.8) is 0 Å². The number of halogens is 1. The van der Waals surface area contributed by atoms with E-state index >= 15 is 0 Å². The average Bonchev–Trinajstić information content (AvgIpc) is 3.21. The lowest BCUT2D eigenvalue weighted by molar-refractivity contribution is -0.116. The number of thioether (sulfide) groups is 1. The molecule has 1 amide bonds. The largest absolute Gasteiger partial charge is 0.325 e. The third-order valence-corrected chi connectivity index (χ3v) is 6.66. The molecule has 0 bridgehead atoms. The van der Waals surface area contributed by atoms with E-state index in [-0.39, 0.29) is 11.7 Å². The second kappa shape index (κ2) is 8.71. The van der Waals surface area contributed by atoms with Crippen LogP contribution in [0, 0.1) is 19.7 Å². The molecule has 0 fully saturated rings. The summed E-state index contributed by atoms with van der Waals surface area (Å²) in [4.78, 5) is 13.4. The molecule has 6 nitrogen and oxygen atoms in total. The molecule has 1 aliphatic rings. The number of anilines is 1. The number of nitrogens with one attached hydrogen (secondary N) is 2. The zero-order chi connectivity index (χ0) is 22.9. The van der Waals surface area contributed by atoms with Crippen molar-refractivity contribution >= 4 is 23.4 Å². The van der Waals surface area contributed by atoms with Gasteiger partial charge >= 0.3 is 0 Å². The van der Waals surface area contributed by atoms with Gasteiger partial charge in [0.2, 0.25) is 11.1 Å². The van der Waals surface area contributed by atoms with Crippen molar-refractivity contribution in [1.82, 2.24) is 14.9 Å². The van der Waals surface area contributed by atoms with Crippen molar-refractivity contribution in [2.24, 2.45) is 0 Å². The van der Waals surface area contributed by atoms with E-state index in [0.29, 0.717) is 11.0 Å². The van der Waals surface area contributed by atoms with Crippen LogP contribution in [0.25, 0.3) is 11.4 Å². The maximum Gasteiger partial charge on any atom is 0.240 e. The fraction of sp³-hybridized carbons (Fsp3) is 0.160. The number of fused-ring (bicyclic) bond motifs is 1. The lowest BCUT2D eigenvalue weighted by atomic mass is 10.0. The third-order valence-electron chi connectivity index (χ3n) is 5.45. The number of aromatic nitrogens is 3. The quantitative estimate of drug-likeness (QED) is 0.444. The van der Waals surface area contributed by atoms with Crippen LogP contribution in [-0.4, -0.2) is 26.0 Å². The summed E-state index contributed by atoms with van der Waals surface area (Å²) in [5.74, 6) is 0.161. The first kappa shape index (κ1) is 21.2. The molecule has 2 atom stereocenters. The Hall–Kier alpha value is -3.65. The first-order chi connectivity index (χ1) is 16.0. The van der Waals surface area contributed by atoms with Crippen molar-refractivity contribution < 1.29 is 9.18 Å². The van der Waals surface area contributed by atoms with Crippen molar-refractivity contribution in [2.75, 3.05) is 10.7 Å². The Morgan fingerprint density at radius 3 is 2.39 bits per heavy atom. The zero-order valence-corrected chi connectivity index (χ0v) is 18.9. The molecule has 5 rings (SSSR count). The number of nitrogens with zero attached hydrogens (tertiary/aromatic N) is 3. The molecule has 33 heavy (non-hydrogen) atoms. The third kappa shape index (κ3) is 4.34. The minimum absolute atomic E-state index is 0.165. The Bertz CT molecular complexity index is 1290. The van der Waals surface area contributed by atoms with E-state index in [9.17, 15) is 9.18 Å². The van der Waals surface area contributed by atoms with Crippen LogP contribution in [0.3, 0.4) is 0 Å². The molecule has 4 aromatic rings. The summed E-state index contributed by atoms with van der Waals surface area (Å²) >= 11 is 1.34. The van der Waals surface area contributed by atoms with Gasteiger partial charge in [-0.1, -0.05) is 60.3 Å². The summed E-state index contributed by atoms with van der Waals surface area (Å²) in [5.41, 5.74) is 7.99. The van der Waals surface area contributed by atoms with E-state index in [1.165, 1.54) is 23.9 Å². The number of carbonyl (C=O) groups is 1. The van der Waals surface area contributed by atoms with Crippen molar-refractivity contribution in [3.05, 3.63) is 95.3 Å². The van der Waals surface area contributed by atoms with Gasteiger partial charge in [0.15, 0.2) is 5.82 Å². The van der Waals surface area contributed by atoms with Gasteiger partial charge in [0, 0.05) is 11.3 Å². The first-order valence-electron chi connectivity index (χ1n) is 10.6. The lowest BCUT2D eigenvalue weighted by Crippen LogP contribution is -2.41. The number of aryl methyl sites for hydroxylation is 2. The van der Waals surface area contributed by atoms with Gasteiger partial charge in [0.05, 0.1) is 6.04 Å². The summed E-state index contributed by atoms with van der Waals surface area (Å²) in [6.07, 6.45) is 0. The maximum absolute atomic E-state index is 13.6. The molecule has 2 N–H and O–H groups in total. The predicted molar refractivity (Wildman–Crippen MR) is 128 cm³/mol. The average molecular weight is 460 g/mol. The molecular formula is C25H22FN5OS. The Morgan fingerprint density at radius 1 is 1.00 bits per heavy atom. The van der Waals surface area contributed by atoms with Gasteiger partial charge in [-0.25, -0.2) is 9.07 Å². The molecule has 2 unspecified atom stereocenters. The Kier molecular flexibility index (Phi) is 5.60. The van der Waals surface area contributed by atoms with Crippen molar-refractivity contribution in [3.8, 4) is 11.4 Å². The standard InChI is InChI=1S/C25H22FN5OS/c1-15-12-16(2)14-20(13-15)27-24(32)22-21(17-8-10-19(26)11-9-17)30-31-23(28-29-25(31)33-22)18-6-4-3-5-7-18/h3-14,21-22,30H,1-2H3,(H,27,32). The molecule has 3 aromatic carbocycles. The summed E-state index contributed by atoms with van der Waals surface area (Å²) in [7, 11) is 0. The first-order valence-corrected chi connectivity index (χ1v) is 11.4. The van der Waals surface area contributed by atoms with Gasteiger partial charge < -0.3 is 10.7 Å². The van der Waals surface area contributed by atoms with E-state index < -0.39 is 11.3 Å². The van der Waals surface area contributed by atoms with Crippen LogP contribution >= 0.6 is 11.8 Å². The zero-order valence-electron chi connectivity index (χ0n) is 18.1. The second-order valence-electron chi connectivity index (χ2n) is 8.07. The molecule has 0 saturated heterocycles. The number of benzene rings is 3. The molecule has 1 aliphatic heterocycles. The van der Waals surface area contributed by atoms with Crippen LogP contribution in [0.2, 0.25) is 0 Å². The summed E-state index contributed by atoms with van der Waals surface area (Å²) in [6.45, 7) is 3.99. The highest BCUT2D eigenvalue weighted by atomic mass is 32.2. The fourth-order valence-electron chi connectivity index (χ4n) is 4.01. The van der Waals surface area contributed by atoms with Crippen molar-refractivity contribution in [2.45, 2.75) is 30.3 Å². The Morgan fingerprint density at radius 2 is 1.70 bits per heavy atom. The molecule has 0 aliphatic carbocycles. The van der Waals surface area contributed by atoms with Crippen LogP contribution in [0.15, 0.2) is 78.0 Å². The Balaban J connectivity index is 1.51. The number of hydrogen-bond acceptors (Lipinski definition) is 5. The van der Waals surface area contributed by atoms with Gasteiger partial charge in [-0.05, 0) is 54.8 Å². The summed E-state index contributed by atoms with van der Waals surface area (Å²) in [5, 5.41) is 11.8. The minimum Gasteiger partial charge on any atom is -0.325 e. The normalized spacial score (nSPS) is 17.2. The SMILES string of the molecule is Cc1cc(C)cc(NC(=O)C2Sc3nnc(-c4ccccc4)n3NC2c2ccc(F)cc2)c1. The monoisotopic (exact) mass is 459 g/mol. The van der Waals surface area contributed by atoms with E-state index in [0.717, 1.165) is 27.9 Å². The minimum atomic E-state index is -0.545. The van der Waals surface area contributed by atoms with Crippen LogP contribution in [0.5, 0.6) is 0 Å². The van der Waals surface area contributed by atoms with Crippen LogP contribution in [-0.2, 0) is 4.79 Å². The maximum atomic E-state index is 13.6. The molecule has 166 valence electrons. The fourth-order valence-corrected chi connectivity index (χ4v) is 5.09. The molecule has 0 saturated carbocycles. The smallest absolute Gasteiger partial charge is 0.240 e. The summed E-state index contributed by atoms with van der Waals surface area (Å²) in [6, 6.07) is 21.4.